The second-order valence-electron chi connectivity index (χ2n) is 2.23. The molecule has 0 atom stereocenters. The Morgan fingerprint density at radius 3 is 2.50 bits per heavy atom. The zero-order chi connectivity index (χ0) is 9.56. The molecule has 0 radical (unpaired) electrons. The minimum Gasteiger partial charge on any atom is -0.478 e. The van der Waals surface area contributed by atoms with Crippen LogP contribution >= 0.6 is 0 Å². The first-order valence-corrected chi connectivity index (χ1v) is 3.40. The van der Waals surface area contributed by atoms with Gasteiger partial charge in [-0.1, -0.05) is 12.2 Å². The van der Waals surface area contributed by atoms with E-state index < -0.39 is 11.9 Å². The van der Waals surface area contributed by atoms with Crippen LogP contribution in [-0.2, 0) is 9.59 Å². The van der Waals surface area contributed by atoms with E-state index in [0.29, 0.717) is 6.42 Å². The number of amides is 1. The van der Waals surface area contributed by atoms with Gasteiger partial charge in [0, 0.05) is 5.57 Å². The highest BCUT2D eigenvalue weighted by molar-refractivity contribution is 5.86. The Hall–Kier alpha value is -1.58. The highest BCUT2D eigenvalue weighted by Gasteiger charge is 1.96. The third-order valence-electron chi connectivity index (χ3n) is 1.18. The van der Waals surface area contributed by atoms with Crippen molar-refractivity contribution in [3.05, 3.63) is 23.8 Å². The number of carbonyl (C=O) groups excluding carboxylic acids is 1. The van der Waals surface area contributed by atoms with Crippen LogP contribution in [0.3, 0.4) is 0 Å². The Morgan fingerprint density at radius 1 is 1.50 bits per heavy atom. The molecule has 1 amide bonds. The molecule has 0 unspecified atom stereocenters. The van der Waals surface area contributed by atoms with E-state index in [-0.39, 0.29) is 5.57 Å². The van der Waals surface area contributed by atoms with Gasteiger partial charge in [-0.05, 0) is 19.4 Å². The van der Waals surface area contributed by atoms with Crippen LogP contribution in [0.2, 0.25) is 0 Å². The van der Waals surface area contributed by atoms with E-state index >= 15 is 0 Å². The zero-order valence-corrected chi connectivity index (χ0v) is 6.78. The fraction of sp³-hybridized carbons (Fsp3) is 0.250. The molecular formula is C8H11NO3. The molecule has 0 aromatic rings. The van der Waals surface area contributed by atoms with Crippen LogP contribution in [0.15, 0.2) is 23.8 Å². The van der Waals surface area contributed by atoms with Gasteiger partial charge in [0.15, 0.2) is 0 Å². The first-order chi connectivity index (χ1) is 5.54. The van der Waals surface area contributed by atoms with Crippen molar-refractivity contribution in [1.82, 2.24) is 0 Å². The summed E-state index contributed by atoms with van der Waals surface area (Å²) in [5.74, 6) is -1.49. The van der Waals surface area contributed by atoms with Gasteiger partial charge in [0.2, 0.25) is 5.91 Å². The summed E-state index contributed by atoms with van der Waals surface area (Å²) >= 11 is 0. The second-order valence-corrected chi connectivity index (χ2v) is 2.23. The Morgan fingerprint density at radius 2 is 2.08 bits per heavy atom. The molecule has 0 aliphatic carbocycles. The monoisotopic (exact) mass is 169 g/mol. The molecule has 0 heterocycles. The van der Waals surface area contributed by atoms with Crippen molar-refractivity contribution in [2.24, 2.45) is 5.73 Å². The number of hydrogen-bond donors (Lipinski definition) is 2. The zero-order valence-electron chi connectivity index (χ0n) is 6.78. The second kappa shape index (κ2) is 5.12. The number of carbonyl (C=O) groups is 2. The van der Waals surface area contributed by atoms with E-state index in [2.05, 4.69) is 0 Å². The largest absolute Gasteiger partial charge is 0.478 e. The first-order valence-electron chi connectivity index (χ1n) is 3.40. The Balaban J connectivity index is 3.90. The number of hydrogen-bond acceptors (Lipinski definition) is 2. The van der Waals surface area contributed by atoms with E-state index in [1.165, 1.54) is 25.2 Å². The smallest absolute Gasteiger partial charge is 0.330 e. The molecule has 0 aliphatic heterocycles. The topological polar surface area (TPSA) is 80.4 Å². The summed E-state index contributed by atoms with van der Waals surface area (Å²) in [7, 11) is 0. The molecule has 0 aromatic carbocycles. The molecule has 4 nitrogen and oxygen atoms in total. The van der Waals surface area contributed by atoms with Crippen LogP contribution in [0.25, 0.3) is 0 Å². The van der Waals surface area contributed by atoms with Gasteiger partial charge in [0.1, 0.15) is 0 Å². The van der Waals surface area contributed by atoms with Crippen LogP contribution < -0.4 is 5.73 Å². The number of carboxylic acid groups (broad SMARTS) is 1. The predicted molar refractivity (Wildman–Crippen MR) is 44.3 cm³/mol. The van der Waals surface area contributed by atoms with Crippen molar-refractivity contribution < 1.29 is 14.7 Å². The maximum absolute atomic E-state index is 10.2. The van der Waals surface area contributed by atoms with Gasteiger partial charge in [0.25, 0.3) is 0 Å². The maximum atomic E-state index is 10.2. The number of rotatable bonds is 4. The normalized spacial score (nSPS) is 11.9. The fourth-order valence-electron chi connectivity index (χ4n) is 0.516. The molecule has 0 rings (SSSR count). The van der Waals surface area contributed by atoms with E-state index in [4.69, 9.17) is 10.8 Å². The fourth-order valence-corrected chi connectivity index (χ4v) is 0.516. The summed E-state index contributed by atoms with van der Waals surface area (Å²) in [5.41, 5.74) is 5.06. The lowest BCUT2D eigenvalue weighted by Crippen LogP contribution is -2.05. The highest BCUT2D eigenvalue weighted by Crippen LogP contribution is 1.95. The third-order valence-corrected chi connectivity index (χ3v) is 1.18. The van der Waals surface area contributed by atoms with E-state index in [1.807, 2.05) is 0 Å². The molecular weight excluding hydrogens is 158 g/mol. The molecule has 12 heavy (non-hydrogen) atoms. The summed E-state index contributed by atoms with van der Waals surface area (Å²) < 4.78 is 0. The highest BCUT2D eigenvalue weighted by atomic mass is 16.4. The third kappa shape index (κ3) is 5.22. The summed E-state index contributed by atoms with van der Waals surface area (Å²) in [5, 5.41) is 8.41. The first kappa shape index (κ1) is 10.4. The van der Waals surface area contributed by atoms with Crippen molar-refractivity contribution in [3.63, 3.8) is 0 Å². The number of nitrogens with two attached hydrogens (primary N) is 1. The maximum Gasteiger partial charge on any atom is 0.330 e. The van der Waals surface area contributed by atoms with Crippen LogP contribution in [0, 0.1) is 0 Å². The Bertz CT molecular complexity index is 241. The number of primary amides is 1. The van der Waals surface area contributed by atoms with Crippen LogP contribution in [0.1, 0.15) is 13.3 Å². The Labute approximate surface area is 70.4 Å². The standard InChI is InChI=1S/C8H11NO3/c1-6(8(11)12)4-2-3-5-7(9)10/h3-5H,2H2,1H3,(H2,9,10)(H,11,12). The lowest BCUT2D eigenvalue weighted by Gasteiger charge is -1.89. The Kier molecular flexibility index (Phi) is 4.45. The number of aliphatic carboxylic acids is 1. The lowest BCUT2D eigenvalue weighted by molar-refractivity contribution is -0.132. The van der Waals surface area contributed by atoms with Crippen molar-refractivity contribution in [2.75, 3.05) is 0 Å². The van der Waals surface area contributed by atoms with Crippen molar-refractivity contribution in [2.45, 2.75) is 13.3 Å². The molecule has 4 heteroatoms. The van der Waals surface area contributed by atoms with Crippen molar-refractivity contribution in [1.29, 1.82) is 0 Å². The van der Waals surface area contributed by atoms with Gasteiger partial charge in [-0.25, -0.2) is 4.79 Å². The van der Waals surface area contributed by atoms with Gasteiger partial charge >= 0.3 is 5.97 Å². The van der Waals surface area contributed by atoms with Crippen LogP contribution in [0.5, 0.6) is 0 Å². The molecule has 0 fully saturated rings. The molecule has 0 bridgehead atoms. The quantitative estimate of drug-likeness (QED) is 0.599. The lowest BCUT2D eigenvalue weighted by atomic mass is 10.2. The minimum absolute atomic E-state index is 0.254. The summed E-state index contributed by atoms with van der Waals surface area (Å²) in [6.07, 6.45) is 4.61. The van der Waals surface area contributed by atoms with E-state index in [9.17, 15) is 9.59 Å². The SMILES string of the molecule is CC(=CCC=CC(N)=O)C(=O)O. The number of allylic oxidation sites excluding steroid dienone is 2. The molecule has 0 saturated carbocycles. The summed E-state index contributed by atoms with van der Waals surface area (Å²) in [4.78, 5) is 20.4. The average molecular weight is 169 g/mol. The van der Waals surface area contributed by atoms with Crippen LogP contribution in [-0.4, -0.2) is 17.0 Å². The van der Waals surface area contributed by atoms with Gasteiger partial charge in [0.05, 0.1) is 0 Å². The van der Waals surface area contributed by atoms with E-state index in [0.717, 1.165) is 0 Å². The molecule has 0 spiro atoms. The van der Waals surface area contributed by atoms with Crippen molar-refractivity contribution in [3.8, 4) is 0 Å². The van der Waals surface area contributed by atoms with Crippen molar-refractivity contribution >= 4 is 11.9 Å². The summed E-state index contributed by atoms with van der Waals surface area (Å²) in [6, 6.07) is 0. The van der Waals surface area contributed by atoms with Gasteiger partial charge < -0.3 is 10.8 Å². The van der Waals surface area contributed by atoms with Gasteiger partial charge in [-0.3, -0.25) is 4.79 Å². The predicted octanol–water partition coefficient (Wildman–Crippen LogP) is 0.449. The average Bonchev–Trinajstić information content (AvgIpc) is 1.97. The molecule has 66 valence electrons. The molecule has 3 N–H and O–H groups in total. The van der Waals surface area contributed by atoms with Gasteiger partial charge in [-0.15, -0.1) is 0 Å². The minimum atomic E-state index is -0.956. The molecule has 0 aromatic heterocycles. The van der Waals surface area contributed by atoms with Gasteiger partial charge in [-0.2, -0.15) is 0 Å². The molecule has 0 saturated heterocycles. The van der Waals surface area contributed by atoms with E-state index in [1.54, 1.807) is 0 Å². The molecule has 0 aliphatic rings. The summed E-state index contributed by atoms with van der Waals surface area (Å²) in [6.45, 7) is 1.49. The van der Waals surface area contributed by atoms with Crippen LogP contribution in [0.4, 0.5) is 0 Å². The number of carboxylic acids is 1.